The molecule has 0 unspecified atom stereocenters. The first-order valence-corrected chi connectivity index (χ1v) is 9.58. The van der Waals surface area contributed by atoms with Gasteiger partial charge in [-0.1, -0.05) is 18.6 Å². The molecule has 2 bridgehead atoms. The summed E-state index contributed by atoms with van der Waals surface area (Å²) < 4.78 is 23.3. The Bertz CT molecular complexity index is 457. The van der Waals surface area contributed by atoms with Crippen LogP contribution in [0.3, 0.4) is 0 Å². The molecule has 0 spiro atoms. The van der Waals surface area contributed by atoms with E-state index in [0.717, 1.165) is 50.0 Å². The third-order valence-corrected chi connectivity index (χ3v) is 6.96. The third kappa shape index (κ3) is 3.05. The molecule has 3 nitrogen and oxygen atoms in total. The summed E-state index contributed by atoms with van der Waals surface area (Å²) in [5.41, 5.74) is 0. The third-order valence-electron chi connectivity index (χ3n) is 5.32. The molecule has 0 amide bonds. The van der Waals surface area contributed by atoms with Gasteiger partial charge in [0.25, 0.3) is 0 Å². The summed E-state index contributed by atoms with van der Waals surface area (Å²) in [6.45, 7) is 1.08. The van der Waals surface area contributed by atoms with Crippen LogP contribution in [0.25, 0.3) is 0 Å². The number of nitrogens with one attached hydrogen (secondary N) is 1. The van der Waals surface area contributed by atoms with Gasteiger partial charge in [0.1, 0.15) is 9.84 Å². The lowest BCUT2D eigenvalue weighted by molar-refractivity contribution is 0.328. The highest BCUT2D eigenvalue weighted by molar-refractivity contribution is 7.91. The van der Waals surface area contributed by atoms with Crippen molar-refractivity contribution in [3.63, 3.8) is 0 Å². The van der Waals surface area contributed by atoms with Crippen LogP contribution in [-0.4, -0.2) is 32.5 Å². The van der Waals surface area contributed by atoms with Crippen molar-refractivity contribution >= 4 is 9.84 Å². The van der Waals surface area contributed by atoms with Gasteiger partial charge in [-0.15, -0.1) is 0 Å². The van der Waals surface area contributed by atoms with Crippen LogP contribution in [0.15, 0.2) is 12.2 Å². The molecule has 0 aromatic rings. The highest BCUT2D eigenvalue weighted by atomic mass is 32.2. The molecule has 108 valence electrons. The van der Waals surface area contributed by atoms with Crippen molar-refractivity contribution < 1.29 is 8.42 Å². The maximum atomic E-state index is 11.7. The quantitative estimate of drug-likeness (QED) is 0.804. The highest BCUT2D eigenvalue weighted by Gasteiger charge is 2.36. The number of sulfone groups is 1. The number of rotatable bonds is 4. The smallest absolute Gasteiger partial charge is 0.150 e. The zero-order valence-electron chi connectivity index (χ0n) is 11.7. The van der Waals surface area contributed by atoms with Gasteiger partial charge in [-0.3, -0.25) is 0 Å². The Hall–Kier alpha value is -0.350. The number of allylic oxidation sites excluding steroid dienone is 2. The van der Waals surface area contributed by atoms with Gasteiger partial charge in [0.2, 0.25) is 0 Å². The second kappa shape index (κ2) is 5.21. The maximum absolute atomic E-state index is 11.7. The van der Waals surface area contributed by atoms with E-state index < -0.39 is 9.84 Å². The lowest BCUT2D eigenvalue weighted by atomic mass is 9.91. The van der Waals surface area contributed by atoms with Gasteiger partial charge < -0.3 is 5.32 Å². The largest absolute Gasteiger partial charge is 0.314 e. The Labute approximate surface area is 116 Å². The summed E-state index contributed by atoms with van der Waals surface area (Å²) in [4.78, 5) is 0. The molecule has 4 heteroatoms. The fourth-order valence-electron chi connectivity index (χ4n) is 4.17. The Morgan fingerprint density at radius 3 is 2.63 bits per heavy atom. The van der Waals surface area contributed by atoms with E-state index in [1.54, 1.807) is 0 Å². The van der Waals surface area contributed by atoms with Gasteiger partial charge in [-0.05, 0) is 56.4 Å². The van der Waals surface area contributed by atoms with Crippen LogP contribution in [-0.2, 0) is 9.84 Å². The monoisotopic (exact) mass is 283 g/mol. The van der Waals surface area contributed by atoms with E-state index in [-0.39, 0.29) is 5.25 Å². The van der Waals surface area contributed by atoms with Crippen LogP contribution >= 0.6 is 0 Å². The number of hydrogen-bond donors (Lipinski definition) is 1. The second-order valence-corrected chi connectivity index (χ2v) is 9.09. The van der Waals surface area contributed by atoms with Gasteiger partial charge in [0.05, 0.1) is 5.25 Å². The maximum Gasteiger partial charge on any atom is 0.150 e. The predicted molar refractivity (Wildman–Crippen MR) is 77.7 cm³/mol. The molecule has 3 aliphatic rings. The normalized spacial score (nSPS) is 41.8. The van der Waals surface area contributed by atoms with Crippen molar-refractivity contribution in [3.8, 4) is 0 Å². The lowest BCUT2D eigenvalue weighted by Crippen LogP contribution is -2.41. The predicted octanol–water partition coefficient (Wildman–Crippen LogP) is 2.14. The summed E-state index contributed by atoms with van der Waals surface area (Å²) in [6, 6.07) is 0.414. The molecule has 0 aliphatic heterocycles. The van der Waals surface area contributed by atoms with Crippen molar-refractivity contribution in [1.82, 2.24) is 5.32 Å². The SMILES string of the molecule is CS(=O)(=O)[C@@H]1CCC[C@@H](NC[C@@H]2C[C@H]3C=C[C@H]2C3)C1. The average molecular weight is 283 g/mol. The minimum absolute atomic E-state index is 0.112. The summed E-state index contributed by atoms with van der Waals surface area (Å²) in [7, 11) is -2.86. The Kier molecular flexibility index (Phi) is 3.73. The standard InChI is InChI=1S/C15H25NO2S/c1-19(17,18)15-4-2-3-14(9-15)16-10-13-8-11-5-6-12(13)7-11/h5-6,11-16H,2-4,7-10H2,1H3/t11-,12-,13-,14+,15+/m0/s1. The van der Waals surface area contributed by atoms with E-state index in [2.05, 4.69) is 17.5 Å². The summed E-state index contributed by atoms with van der Waals surface area (Å²) in [5, 5.41) is 3.54. The lowest BCUT2D eigenvalue weighted by Gasteiger charge is -2.30. The Morgan fingerprint density at radius 1 is 1.16 bits per heavy atom. The van der Waals surface area contributed by atoms with E-state index in [1.165, 1.54) is 19.1 Å². The molecule has 2 fully saturated rings. The molecule has 0 radical (unpaired) electrons. The molecule has 2 saturated carbocycles. The van der Waals surface area contributed by atoms with E-state index >= 15 is 0 Å². The molecule has 5 atom stereocenters. The molecule has 0 saturated heterocycles. The minimum atomic E-state index is -2.86. The van der Waals surface area contributed by atoms with Gasteiger partial charge in [-0.2, -0.15) is 0 Å². The van der Waals surface area contributed by atoms with Gasteiger partial charge >= 0.3 is 0 Å². The molecular weight excluding hydrogens is 258 g/mol. The molecule has 0 aromatic carbocycles. The Balaban J connectivity index is 1.49. The van der Waals surface area contributed by atoms with Crippen LogP contribution in [0.1, 0.15) is 38.5 Å². The van der Waals surface area contributed by atoms with Gasteiger partial charge in [-0.25, -0.2) is 8.42 Å². The van der Waals surface area contributed by atoms with Crippen molar-refractivity contribution in [2.75, 3.05) is 12.8 Å². The highest BCUT2D eigenvalue weighted by Crippen LogP contribution is 2.43. The fraction of sp³-hybridized carbons (Fsp3) is 0.867. The van der Waals surface area contributed by atoms with Crippen LogP contribution in [0.2, 0.25) is 0 Å². The number of hydrogen-bond acceptors (Lipinski definition) is 3. The molecule has 19 heavy (non-hydrogen) atoms. The first kappa shape index (κ1) is 13.6. The van der Waals surface area contributed by atoms with Crippen molar-refractivity contribution in [2.45, 2.75) is 49.8 Å². The minimum Gasteiger partial charge on any atom is -0.314 e. The van der Waals surface area contributed by atoms with E-state index in [4.69, 9.17) is 0 Å². The molecular formula is C15H25NO2S. The first-order valence-electron chi connectivity index (χ1n) is 7.63. The van der Waals surface area contributed by atoms with Crippen molar-refractivity contribution in [2.24, 2.45) is 17.8 Å². The van der Waals surface area contributed by atoms with E-state index in [0.29, 0.717) is 6.04 Å². The second-order valence-electron chi connectivity index (χ2n) is 6.76. The molecule has 3 aliphatic carbocycles. The zero-order chi connectivity index (χ0) is 13.5. The van der Waals surface area contributed by atoms with Crippen LogP contribution in [0, 0.1) is 17.8 Å². The molecule has 0 heterocycles. The summed E-state index contributed by atoms with van der Waals surface area (Å²) >= 11 is 0. The van der Waals surface area contributed by atoms with E-state index in [9.17, 15) is 8.42 Å². The first-order chi connectivity index (χ1) is 9.02. The molecule has 1 N–H and O–H groups in total. The van der Waals surface area contributed by atoms with Gasteiger partial charge in [0.15, 0.2) is 0 Å². The van der Waals surface area contributed by atoms with Crippen LogP contribution in [0.5, 0.6) is 0 Å². The average Bonchev–Trinajstić information content (AvgIpc) is 2.98. The number of fused-ring (bicyclic) bond motifs is 2. The van der Waals surface area contributed by atoms with Crippen LogP contribution in [0.4, 0.5) is 0 Å². The van der Waals surface area contributed by atoms with Crippen molar-refractivity contribution in [1.29, 1.82) is 0 Å². The van der Waals surface area contributed by atoms with Crippen LogP contribution < -0.4 is 5.32 Å². The summed E-state index contributed by atoms with van der Waals surface area (Å²) in [6.07, 6.45) is 12.7. The summed E-state index contributed by atoms with van der Waals surface area (Å²) in [5.74, 6) is 2.40. The molecule has 3 rings (SSSR count). The van der Waals surface area contributed by atoms with E-state index in [1.807, 2.05) is 0 Å². The van der Waals surface area contributed by atoms with Crippen molar-refractivity contribution in [3.05, 3.63) is 12.2 Å². The van der Waals surface area contributed by atoms with Gasteiger partial charge in [0, 0.05) is 12.3 Å². The molecule has 0 aromatic heterocycles. The topological polar surface area (TPSA) is 46.2 Å². The fourth-order valence-corrected chi connectivity index (χ4v) is 5.34. The Morgan fingerprint density at radius 2 is 2.00 bits per heavy atom. The zero-order valence-corrected chi connectivity index (χ0v) is 12.5.